The Kier molecular flexibility index (Phi) is 4.63. The molecule has 0 aliphatic heterocycles. The van der Waals surface area contributed by atoms with Gasteiger partial charge in [-0.2, -0.15) is 0 Å². The van der Waals surface area contributed by atoms with Gasteiger partial charge >= 0.3 is 0 Å². The van der Waals surface area contributed by atoms with Crippen LogP contribution in [0.3, 0.4) is 0 Å². The van der Waals surface area contributed by atoms with Crippen molar-refractivity contribution in [3.8, 4) is 17.2 Å². The smallest absolute Gasteiger partial charge is 0.154 e. The summed E-state index contributed by atoms with van der Waals surface area (Å²) in [5.41, 5.74) is 6.47. The molecule has 0 amide bonds. The van der Waals surface area contributed by atoms with E-state index in [1.54, 1.807) is 30.3 Å². The maximum absolute atomic E-state index is 6.09. The molecule has 20 heavy (non-hydrogen) atoms. The molecule has 0 spiro atoms. The summed E-state index contributed by atoms with van der Waals surface area (Å²) in [6.45, 7) is 3.86. The van der Waals surface area contributed by atoms with Crippen LogP contribution in [-0.4, -0.2) is 6.10 Å². The van der Waals surface area contributed by atoms with Gasteiger partial charge in [-0.05, 0) is 38.1 Å². The molecule has 0 unspecified atom stereocenters. The highest BCUT2D eigenvalue weighted by atomic mass is 35.5. The van der Waals surface area contributed by atoms with Crippen molar-refractivity contribution in [2.24, 2.45) is 0 Å². The number of rotatable bonds is 4. The third-order valence-corrected chi connectivity index (χ3v) is 3.33. The van der Waals surface area contributed by atoms with Crippen LogP contribution in [0.15, 0.2) is 36.4 Å². The molecule has 2 rings (SSSR count). The van der Waals surface area contributed by atoms with Crippen LogP contribution >= 0.6 is 23.2 Å². The minimum Gasteiger partial charge on any atom is -0.489 e. The molecule has 106 valence electrons. The molecule has 0 fully saturated rings. The Morgan fingerprint density at radius 3 is 2.25 bits per heavy atom. The molecule has 2 aromatic carbocycles. The van der Waals surface area contributed by atoms with Crippen molar-refractivity contribution in [3.05, 3.63) is 46.4 Å². The Balaban J connectivity index is 2.32. The quantitative estimate of drug-likeness (QED) is 0.794. The molecular formula is C15H15Cl2NO2. The van der Waals surface area contributed by atoms with Gasteiger partial charge in [-0.1, -0.05) is 35.3 Å². The SMILES string of the molecule is CC(C)Oc1cccc(Oc2cccc(Cl)c2Cl)c1N. The average Bonchev–Trinajstić information content (AvgIpc) is 2.39. The van der Waals surface area contributed by atoms with Gasteiger partial charge in [-0.25, -0.2) is 0 Å². The van der Waals surface area contributed by atoms with Gasteiger partial charge in [0, 0.05) is 0 Å². The lowest BCUT2D eigenvalue weighted by molar-refractivity contribution is 0.243. The fourth-order valence-electron chi connectivity index (χ4n) is 1.65. The maximum atomic E-state index is 6.09. The third kappa shape index (κ3) is 3.30. The van der Waals surface area contributed by atoms with Crippen molar-refractivity contribution < 1.29 is 9.47 Å². The molecule has 0 aliphatic rings. The molecule has 0 saturated carbocycles. The summed E-state index contributed by atoms with van der Waals surface area (Å²) >= 11 is 12.0. The minimum atomic E-state index is 0.0299. The summed E-state index contributed by atoms with van der Waals surface area (Å²) in [5.74, 6) is 1.51. The van der Waals surface area contributed by atoms with Crippen LogP contribution in [0.1, 0.15) is 13.8 Å². The van der Waals surface area contributed by atoms with Crippen molar-refractivity contribution in [3.63, 3.8) is 0 Å². The fourth-order valence-corrected chi connectivity index (χ4v) is 1.98. The van der Waals surface area contributed by atoms with E-state index in [0.29, 0.717) is 33.0 Å². The van der Waals surface area contributed by atoms with E-state index in [1.807, 2.05) is 19.9 Å². The Morgan fingerprint density at radius 1 is 0.950 bits per heavy atom. The largest absolute Gasteiger partial charge is 0.489 e. The summed E-state index contributed by atoms with van der Waals surface area (Å²) < 4.78 is 11.3. The Labute approximate surface area is 128 Å². The van der Waals surface area contributed by atoms with Gasteiger partial charge in [-0.3, -0.25) is 0 Å². The van der Waals surface area contributed by atoms with Gasteiger partial charge in [-0.15, -0.1) is 0 Å². The van der Waals surface area contributed by atoms with Gasteiger partial charge < -0.3 is 15.2 Å². The first kappa shape index (κ1) is 14.8. The zero-order valence-electron chi connectivity index (χ0n) is 11.2. The molecule has 0 heterocycles. The van der Waals surface area contributed by atoms with E-state index in [4.69, 9.17) is 38.4 Å². The highest BCUT2D eigenvalue weighted by Gasteiger charge is 2.12. The topological polar surface area (TPSA) is 44.5 Å². The van der Waals surface area contributed by atoms with E-state index < -0.39 is 0 Å². The van der Waals surface area contributed by atoms with Gasteiger partial charge in [0.2, 0.25) is 0 Å². The number of ether oxygens (including phenoxy) is 2. The summed E-state index contributed by atoms with van der Waals surface area (Å²) in [7, 11) is 0. The monoisotopic (exact) mass is 311 g/mol. The van der Waals surface area contributed by atoms with Crippen LogP contribution in [0, 0.1) is 0 Å². The van der Waals surface area contributed by atoms with Crippen molar-refractivity contribution in [2.75, 3.05) is 5.73 Å². The maximum Gasteiger partial charge on any atom is 0.154 e. The molecule has 0 saturated heterocycles. The molecule has 0 aliphatic carbocycles. The molecule has 0 aromatic heterocycles. The van der Waals surface area contributed by atoms with Gasteiger partial charge in [0.25, 0.3) is 0 Å². The second-order valence-electron chi connectivity index (χ2n) is 4.49. The zero-order valence-corrected chi connectivity index (χ0v) is 12.7. The number of benzene rings is 2. The average molecular weight is 312 g/mol. The third-order valence-electron chi connectivity index (χ3n) is 2.52. The van der Waals surface area contributed by atoms with E-state index in [0.717, 1.165) is 0 Å². The first-order valence-corrected chi connectivity index (χ1v) is 6.91. The predicted molar refractivity (Wildman–Crippen MR) is 83.2 cm³/mol. The van der Waals surface area contributed by atoms with Crippen molar-refractivity contribution in [2.45, 2.75) is 20.0 Å². The van der Waals surface area contributed by atoms with Crippen molar-refractivity contribution in [1.29, 1.82) is 0 Å². The van der Waals surface area contributed by atoms with Gasteiger partial charge in [0.1, 0.15) is 22.2 Å². The molecule has 5 heteroatoms. The Morgan fingerprint density at radius 2 is 1.55 bits per heavy atom. The lowest BCUT2D eigenvalue weighted by atomic mass is 10.2. The molecule has 2 aromatic rings. The fraction of sp³-hybridized carbons (Fsp3) is 0.200. The number of nitrogen functional groups attached to an aromatic ring is 1. The van der Waals surface area contributed by atoms with Crippen LogP contribution in [-0.2, 0) is 0 Å². The second kappa shape index (κ2) is 6.25. The molecule has 0 atom stereocenters. The first-order chi connectivity index (χ1) is 9.49. The summed E-state index contributed by atoms with van der Waals surface area (Å²) in [6, 6.07) is 10.5. The van der Waals surface area contributed by atoms with Crippen LogP contribution in [0.2, 0.25) is 10.0 Å². The zero-order chi connectivity index (χ0) is 14.7. The number of para-hydroxylation sites is 1. The van der Waals surface area contributed by atoms with Crippen LogP contribution in [0.4, 0.5) is 5.69 Å². The van der Waals surface area contributed by atoms with Crippen molar-refractivity contribution >= 4 is 28.9 Å². The number of hydrogen-bond acceptors (Lipinski definition) is 3. The van der Waals surface area contributed by atoms with Gasteiger partial charge in [0.15, 0.2) is 5.75 Å². The standard InChI is InChI=1S/C15H15Cl2NO2/c1-9(2)19-12-7-4-8-13(15(12)18)20-11-6-3-5-10(16)14(11)17/h3-9H,18H2,1-2H3. The molecule has 0 bridgehead atoms. The number of hydrogen-bond donors (Lipinski definition) is 1. The number of anilines is 1. The van der Waals surface area contributed by atoms with E-state index in [1.165, 1.54) is 0 Å². The first-order valence-electron chi connectivity index (χ1n) is 6.16. The molecule has 2 N–H and O–H groups in total. The van der Waals surface area contributed by atoms with Crippen LogP contribution in [0.5, 0.6) is 17.2 Å². The van der Waals surface area contributed by atoms with E-state index in [9.17, 15) is 0 Å². The molecule has 3 nitrogen and oxygen atoms in total. The van der Waals surface area contributed by atoms with E-state index in [2.05, 4.69) is 0 Å². The van der Waals surface area contributed by atoms with Gasteiger partial charge in [0.05, 0.1) is 11.1 Å². The summed E-state index contributed by atoms with van der Waals surface area (Å²) in [5, 5.41) is 0.779. The highest BCUT2D eigenvalue weighted by molar-refractivity contribution is 6.42. The number of halogens is 2. The lowest BCUT2D eigenvalue weighted by Crippen LogP contribution is -2.07. The number of nitrogens with two attached hydrogens (primary N) is 1. The summed E-state index contributed by atoms with van der Waals surface area (Å²) in [6.07, 6.45) is 0.0299. The highest BCUT2D eigenvalue weighted by Crippen LogP contribution is 2.39. The van der Waals surface area contributed by atoms with Crippen LogP contribution in [0.25, 0.3) is 0 Å². The lowest BCUT2D eigenvalue weighted by Gasteiger charge is -2.15. The Bertz CT molecular complexity index is 615. The van der Waals surface area contributed by atoms with E-state index in [-0.39, 0.29) is 6.10 Å². The summed E-state index contributed by atoms with van der Waals surface area (Å²) in [4.78, 5) is 0. The second-order valence-corrected chi connectivity index (χ2v) is 5.27. The van der Waals surface area contributed by atoms with E-state index >= 15 is 0 Å². The predicted octanol–water partition coefficient (Wildman–Crippen LogP) is 5.16. The minimum absolute atomic E-state index is 0.0299. The normalized spacial score (nSPS) is 10.7. The van der Waals surface area contributed by atoms with Crippen molar-refractivity contribution in [1.82, 2.24) is 0 Å². The Hall–Kier alpha value is -1.58. The molecule has 0 radical (unpaired) electrons. The molecular weight excluding hydrogens is 297 g/mol. The van der Waals surface area contributed by atoms with Crippen LogP contribution < -0.4 is 15.2 Å².